The number of aliphatic imine (C=N–C) groups is 1. The zero-order chi connectivity index (χ0) is 28.4. The van der Waals surface area contributed by atoms with E-state index in [0.29, 0.717) is 52.9 Å². The van der Waals surface area contributed by atoms with Crippen LogP contribution >= 0.6 is 11.6 Å². The minimum absolute atomic E-state index is 0.0359. The van der Waals surface area contributed by atoms with Crippen molar-refractivity contribution in [2.45, 2.75) is 6.92 Å². The molecule has 10 heteroatoms. The largest absolute Gasteiger partial charge is 0.494 e. The van der Waals surface area contributed by atoms with Gasteiger partial charge in [0, 0.05) is 47.4 Å². The summed E-state index contributed by atoms with van der Waals surface area (Å²) in [4.78, 5) is 37.6. The minimum Gasteiger partial charge on any atom is -0.494 e. The number of nitrogens with one attached hydrogen (secondary N) is 1. The van der Waals surface area contributed by atoms with Gasteiger partial charge in [0.2, 0.25) is 5.91 Å². The fourth-order valence-electron chi connectivity index (χ4n) is 4.69. The number of ether oxygens (including phenoxy) is 1. The maximum absolute atomic E-state index is 12.3. The number of H-pyrrole nitrogens is 1. The Labute approximate surface area is 237 Å². The highest BCUT2D eigenvalue weighted by Crippen LogP contribution is 2.34. The Hall–Kier alpha value is -4.34. The number of aromatic hydroxyl groups is 1. The van der Waals surface area contributed by atoms with Gasteiger partial charge in [-0.3, -0.25) is 9.69 Å². The van der Waals surface area contributed by atoms with Crippen LogP contribution < -0.4 is 9.80 Å². The van der Waals surface area contributed by atoms with E-state index in [1.165, 1.54) is 0 Å². The molecule has 0 radical (unpaired) electrons. The number of carbonyl (C=O) groups excluding carboxylic acids is 2. The monoisotopic (exact) mass is 559 g/mol. The van der Waals surface area contributed by atoms with Crippen LogP contribution in [0.2, 0.25) is 5.02 Å². The molecule has 2 N–H and O–H groups in total. The van der Waals surface area contributed by atoms with Crippen LogP contribution in [0.1, 0.15) is 18.1 Å². The number of hydrogen-bond donors (Lipinski definition) is 2. The van der Waals surface area contributed by atoms with E-state index in [2.05, 4.69) is 4.98 Å². The third-order valence-electron chi connectivity index (χ3n) is 6.74. The van der Waals surface area contributed by atoms with Crippen molar-refractivity contribution in [2.75, 3.05) is 50.1 Å². The SMILES string of the molecule is CC(=O)N(CCN(C)C)c1ccc(N=C(c2ccc(N3CCOC3=O)cc2)c2c(O)[nH]c3cc(Cl)ccc23)cc1. The second kappa shape index (κ2) is 11.4. The summed E-state index contributed by atoms with van der Waals surface area (Å²) >= 11 is 6.20. The van der Waals surface area contributed by atoms with Gasteiger partial charge in [0.15, 0.2) is 5.88 Å². The third kappa shape index (κ3) is 5.66. The fourth-order valence-corrected chi connectivity index (χ4v) is 4.86. The average molecular weight is 560 g/mol. The van der Waals surface area contributed by atoms with Crippen LogP contribution in [0.3, 0.4) is 0 Å². The Balaban J connectivity index is 1.56. The van der Waals surface area contributed by atoms with Crippen LogP contribution in [0.25, 0.3) is 10.9 Å². The molecule has 0 unspecified atom stereocenters. The summed E-state index contributed by atoms with van der Waals surface area (Å²) in [6.07, 6.45) is -0.377. The van der Waals surface area contributed by atoms with Crippen molar-refractivity contribution < 1.29 is 19.4 Å². The molecule has 1 saturated heterocycles. The van der Waals surface area contributed by atoms with E-state index in [9.17, 15) is 14.7 Å². The second-order valence-corrected chi connectivity index (χ2v) is 10.2. The van der Waals surface area contributed by atoms with Crippen molar-refractivity contribution in [1.82, 2.24) is 9.88 Å². The Kier molecular flexibility index (Phi) is 7.77. The molecular formula is C30H30ClN5O4. The van der Waals surface area contributed by atoms with Gasteiger partial charge in [-0.05, 0) is 62.6 Å². The van der Waals surface area contributed by atoms with Crippen LogP contribution in [-0.4, -0.2) is 73.0 Å². The van der Waals surface area contributed by atoms with Crippen molar-refractivity contribution in [3.05, 3.63) is 82.9 Å². The van der Waals surface area contributed by atoms with Crippen molar-refractivity contribution in [1.29, 1.82) is 0 Å². The normalized spacial score (nSPS) is 13.8. The first-order valence-electron chi connectivity index (χ1n) is 12.9. The van der Waals surface area contributed by atoms with E-state index in [1.807, 2.05) is 73.6 Å². The standard InChI is InChI=1S/C30H30ClN5O4/c1-19(37)35(15-14-34(2)3)23-11-7-22(8-12-23)32-28(27-25-13-6-21(31)18-26(25)33-29(27)38)20-4-9-24(10-5-20)36-16-17-40-30(36)39/h4-13,18,33,38H,14-17H2,1-3H3. The molecule has 2 amide bonds. The molecule has 0 saturated carbocycles. The van der Waals surface area contributed by atoms with Gasteiger partial charge in [-0.25, -0.2) is 9.79 Å². The first-order chi connectivity index (χ1) is 19.2. The van der Waals surface area contributed by atoms with Crippen molar-refractivity contribution in [3.8, 4) is 5.88 Å². The van der Waals surface area contributed by atoms with Gasteiger partial charge < -0.3 is 24.6 Å². The van der Waals surface area contributed by atoms with Gasteiger partial charge in [0.1, 0.15) is 6.61 Å². The summed E-state index contributed by atoms with van der Waals surface area (Å²) in [7, 11) is 3.93. The number of carbonyl (C=O) groups is 2. The third-order valence-corrected chi connectivity index (χ3v) is 6.98. The molecule has 9 nitrogen and oxygen atoms in total. The van der Waals surface area contributed by atoms with Crippen LogP contribution in [-0.2, 0) is 9.53 Å². The lowest BCUT2D eigenvalue weighted by Crippen LogP contribution is -2.35. The Morgan fingerprint density at radius 3 is 2.42 bits per heavy atom. The van der Waals surface area contributed by atoms with Crippen LogP contribution in [0.15, 0.2) is 71.7 Å². The van der Waals surface area contributed by atoms with E-state index in [1.54, 1.807) is 28.9 Å². The number of likely N-dealkylation sites (N-methyl/N-ethyl adjacent to an activating group) is 1. The number of hydrogen-bond acceptors (Lipinski definition) is 6. The molecule has 1 fully saturated rings. The minimum atomic E-state index is -0.377. The summed E-state index contributed by atoms with van der Waals surface area (Å²) in [5.74, 6) is -0.0746. The predicted octanol–water partition coefficient (Wildman–Crippen LogP) is 5.57. The zero-order valence-electron chi connectivity index (χ0n) is 22.5. The molecule has 40 heavy (non-hydrogen) atoms. The molecule has 4 aromatic rings. The summed E-state index contributed by atoms with van der Waals surface area (Å²) < 4.78 is 5.07. The van der Waals surface area contributed by atoms with Crippen molar-refractivity contribution in [3.63, 3.8) is 0 Å². The maximum Gasteiger partial charge on any atom is 0.414 e. The van der Waals surface area contributed by atoms with E-state index >= 15 is 0 Å². The molecule has 0 bridgehead atoms. The first kappa shape index (κ1) is 27.2. The molecule has 1 aliphatic heterocycles. The van der Waals surface area contributed by atoms with Gasteiger partial charge in [0.05, 0.1) is 29.0 Å². The summed E-state index contributed by atoms with van der Waals surface area (Å²) in [6, 6.07) is 20.2. The predicted molar refractivity (Wildman–Crippen MR) is 158 cm³/mol. The molecule has 0 atom stereocenters. The molecule has 5 rings (SSSR count). The number of aromatic amines is 1. The molecule has 206 valence electrons. The Morgan fingerprint density at radius 2 is 1.80 bits per heavy atom. The van der Waals surface area contributed by atoms with Crippen LogP contribution in [0.4, 0.5) is 21.9 Å². The number of nitrogens with zero attached hydrogens (tertiary/aromatic N) is 4. The van der Waals surface area contributed by atoms with Crippen molar-refractivity contribution >= 4 is 57.3 Å². The summed E-state index contributed by atoms with van der Waals surface area (Å²) in [5, 5.41) is 12.3. The molecule has 1 aromatic heterocycles. The van der Waals surface area contributed by atoms with E-state index in [0.717, 1.165) is 23.2 Å². The maximum atomic E-state index is 12.3. The average Bonchev–Trinajstić information content (AvgIpc) is 3.49. The van der Waals surface area contributed by atoms with E-state index in [4.69, 9.17) is 21.3 Å². The van der Waals surface area contributed by atoms with Gasteiger partial charge >= 0.3 is 6.09 Å². The zero-order valence-corrected chi connectivity index (χ0v) is 23.3. The van der Waals surface area contributed by atoms with Crippen LogP contribution in [0, 0.1) is 0 Å². The number of benzene rings is 3. The molecule has 2 heterocycles. The quantitative estimate of drug-likeness (QED) is 0.275. The molecule has 0 spiro atoms. The molecule has 3 aromatic carbocycles. The second-order valence-electron chi connectivity index (χ2n) is 9.80. The number of amides is 2. The van der Waals surface area contributed by atoms with E-state index < -0.39 is 0 Å². The van der Waals surface area contributed by atoms with Gasteiger partial charge in [-0.2, -0.15) is 0 Å². The number of anilines is 2. The number of rotatable bonds is 8. The van der Waals surface area contributed by atoms with Gasteiger partial charge in [0.25, 0.3) is 0 Å². The topological polar surface area (TPSA) is 101 Å². The number of halogens is 1. The van der Waals surface area contributed by atoms with Crippen LogP contribution in [0.5, 0.6) is 5.88 Å². The van der Waals surface area contributed by atoms with Crippen molar-refractivity contribution in [2.24, 2.45) is 4.99 Å². The summed E-state index contributed by atoms with van der Waals surface area (Å²) in [6.45, 7) is 3.70. The number of fused-ring (bicyclic) bond motifs is 1. The summed E-state index contributed by atoms with van der Waals surface area (Å²) in [5.41, 5.74) is 4.61. The Bertz CT molecular complexity index is 1580. The number of aromatic nitrogens is 1. The fraction of sp³-hybridized carbons (Fsp3) is 0.233. The Morgan fingerprint density at radius 1 is 1.07 bits per heavy atom. The first-order valence-corrected chi connectivity index (χ1v) is 13.3. The highest BCUT2D eigenvalue weighted by molar-refractivity contribution is 6.31. The van der Waals surface area contributed by atoms with Gasteiger partial charge in [-0.15, -0.1) is 0 Å². The highest BCUT2D eigenvalue weighted by atomic mass is 35.5. The molecular weight excluding hydrogens is 530 g/mol. The smallest absolute Gasteiger partial charge is 0.414 e. The highest BCUT2D eigenvalue weighted by Gasteiger charge is 2.24. The lowest BCUT2D eigenvalue weighted by molar-refractivity contribution is -0.116. The van der Waals surface area contributed by atoms with Gasteiger partial charge in [-0.1, -0.05) is 29.8 Å². The molecule has 1 aliphatic rings. The lowest BCUT2D eigenvalue weighted by Gasteiger charge is -2.23. The van der Waals surface area contributed by atoms with E-state index in [-0.39, 0.29) is 17.9 Å². The lowest BCUT2D eigenvalue weighted by atomic mass is 10.00. The number of cyclic esters (lactones) is 1. The molecule has 0 aliphatic carbocycles.